The first kappa shape index (κ1) is 16.1. The summed E-state index contributed by atoms with van der Waals surface area (Å²) in [6.07, 6.45) is 2.82. The van der Waals surface area contributed by atoms with Crippen molar-refractivity contribution in [2.24, 2.45) is 5.92 Å². The smallest absolute Gasteiger partial charge is 0.227 e. The Morgan fingerprint density at radius 2 is 2.17 bits per heavy atom. The number of hydrogen-bond acceptors (Lipinski definition) is 4. The van der Waals surface area contributed by atoms with E-state index in [1.54, 1.807) is 7.11 Å². The lowest BCUT2D eigenvalue weighted by Gasteiger charge is -2.33. The minimum absolute atomic E-state index is 0.0971. The van der Waals surface area contributed by atoms with Gasteiger partial charge in [0.1, 0.15) is 18.1 Å². The van der Waals surface area contributed by atoms with Gasteiger partial charge in [-0.1, -0.05) is 13.0 Å². The molecular formula is C18H26N2O3. The number of likely N-dealkylation sites (tertiary alicyclic amines) is 1. The molecule has 1 aromatic carbocycles. The number of benzene rings is 1. The van der Waals surface area contributed by atoms with E-state index in [1.165, 1.54) is 0 Å². The number of carbonyl (C=O) groups excluding carboxylic acids is 1. The van der Waals surface area contributed by atoms with Crippen LogP contribution in [0.25, 0.3) is 0 Å². The van der Waals surface area contributed by atoms with Crippen LogP contribution in [-0.4, -0.2) is 50.2 Å². The molecule has 1 saturated heterocycles. The van der Waals surface area contributed by atoms with Gasteiger partial charge in [0.2, 0.25) is 5.91 Å². The van der Waals surface area contributed by atoms with Crippen LogP contribution in [0, 0.1) is 5.92 Å². The van der Waals surface area contributed by atoms with Gasteiger partial charge in [-0.25, -0.2) is 0 Å². The predicted octanol–water partition coefficient (Wildman–Crippen LogP) is 1.85. The molecule has 2 heterocycles. The molecule has 0 aromatic heterocycles. The fourth-order valence-corrected chi connectivity index (χ4v) is 3.36. The van der Waals surface area contributed by atoms with E-state index in [4.69, 9.17) is 9.47 Å². The Bertz CT molecular complexity index is 553. The molecule has 1 N–H and O–H groups in total. The van der Waals surface area contributed by atoms with Crippen molar-refractivity contribution in [1.82, 2.24) is 10.2 Å². The van der Waals surface area contributed by atoms with Gasteiger partial charge in [0.05, 0.1) is 13.0 Å². The summed E-state index contributed by atoms with van der Waals surface area (Å²) in [7, 11) is 1.64. The molecule has 1 fully saturated rings. The van der Waals surface area contributed by atoms with E-state index in [0.717, 1.165) is 56.0 Å². The number of carbonyl (C=O) groups is 1. The molecule has 1 aromatic rings. The van der Waals surface area contributed by atoms with E-state index in [0.29, 0.717) is 12.6 Å². The van der Waals surface area contributed by atoms with E-state index in [-0.39, 0.29) is 11.8 Å². The van der Waals surface area contributed by atoms with Crippen molar-refractivity contribution in [2.75, 3.05) is 33.4 Å². The Morgan fingerprint density at radius 3 is 2.87 bits per heavy atom. The van der Waals surface area contributed by atoms with Crippen molar-refractivity contribution in [3.63, 3.8) is 0 Å². The molecule has 23 heavy (non-hydrogen) atoms. The summed E-state index contributed by atoms with van der Waals surface area (Å²) in [4.78, 5) is 14.9. The average Bonchev–Trinajstić information content (AvgIpc) is 2.61. The summed E-state index contributed by atoms with van der Waals surface area (Å²) in [5, 5.41) is 3.22. The summed E-state index contributed by atoms with van der Waals surface area (Å²) in [5.74, 6) is 1.65. The average molecular weight is 318 g/mol. The van der Waals surface area contributed by atoms with Crippen LogP contribution in [0.4, 0.5) is 0 Å². The van der Waals surface area contributed by atoms with Gasteiger partial charge in [0.25, 0.3) is 0 Å². The van der Waals surface area contributed by atoms with E-state index >= 15 is 0 Å². The highest BCUT2D eigenvalue weighted by Gasteiger charge is 2.28. The minimum atomic E-state index is -0.0971. The van der Waals surface area contributed by atoms with Crippen LogP contribution in [0.1, 0.15) is 25.3 Å². The lowest BCUT2D eigenvalue weighted by atomic mass is 9.95. The maximum Gasteiger partial charge on any atom is 0.227 e. The Morgan fingerprint density at radius 1 is 1.39 bits per heavy atom. The molecular weight excluding hydrogens is 292 g/mol. The molecule has 3 rings (SSSR count). The van der Waals surface area contributed by atoms with Crippen LogP contribution in [0.5, 0.6) is 11.5 Å². The largest absolute Gasteiger partial charge is 0.497 e. The van der Waals surface area contributed by atoms with Crippen molar-refractivity contribution in [3.05, 3.63) is 23.8 Å². The molecule has 1 atom stereocenters. The lowest BCUT2D eigenvalue weighted by Crippen LogP contribution is -2.47. The number of nitrogens with zero attached hydrogens (tertiary/aromatic N) is 1. The molecule has 2 aliphatic rings. The maximum atomic E-state index is 12.5. The van der Waals surface area contributed by atoms with Gasteiger partial charge in [-0.2, -0.15) is 0 Å². The molecule has 5 nitrogen and oxygen atoms in total. The summed E-state index contributed by atoms with van der Waals surface area (Å²) < 4.78 is 11.0. The first-order valence-electron chi connectivity index (χ1n) is 8.52. The van der Waals surface area contributed by atoms with E-state index < -0.39 is 0 Å². The van der Waals surface area contributed by atoms with E-state index in [2.05, 4.69) is 17.1 Å². The summed E-state index contributed by atoms with van der Waals surface area (Å²) in [6, 6.07) is 6.11. The maximum absolute atomic E-state index is 12.5. The highest BCUT2D eigenvalue weighted by Crippen LogP contribution is 2.31. The summed E-state index contributed by atoms with van der Waals surface area (Å²) in [5.41, 5.74) is 1.08. The zero-order chi connectivity index (χ0) is 16.2. The second-order valence-electron chi connectivity index (χ2n) is 6.40. The molecule has 0 spiro atoms. The number of hydrogen-bond donors (Lipinski definition) is 1. The van der Waals surface area contributed by atoms with Gasteiger partial charge in [-0.15, -0.1) is 0 Å². The SMILES string of the molecule is CCN1CCC(NC(=O)C2COc3cc(OC)ccc3C2)CC1. The summed E-state index contributed by atoms with van der Waals surface area (Å²) >= 11 is 0. The van der Waals surface area contributed by atoms with Crippen LogP contribution in [0.15, 0.2) is 18.2 Å². The third-order valence-electron chi connectivity index (χ3n) is 4.93. The van der Waals surface area contributed by atoms with Crippen molar-refractivity contribution >= 4 is 5.91 Å². The van der Waals surface area contributed by atoms with Crippen molar-refractivity contribution in [3.8, 4) is 11.5 Å². The van der Waals surface area contributed by atoms with E-state index in [9.17, 15) is 4.79 Å². The number of piperidine rings is 1. The normalized spacial score (nSPS) is 22.1. The molecule has 1 unspecified atom stereocenters. The Hall–Kier alpha value is -1.75. The van der Waals surface area contributed by atoms with Crippen molar-refractivity contribution in [2.45, 2.75) is 32.2 Å². The van der Waals surface area contributed by atoms with E-state index in [1.807, 2.05) is 18.2 Å². The van der Waals surface area contributed by atoms with Gasteiger partial charge >= 0.3 is 0 Å². The molecule has 5 heteroatoms. The molecule has 0 bridgehead atoms. The minimum Gasteiger partial charge on any atom is -0.497 e. The topological polar surface area (TPSA) is 50.8 Å². The molecule has 0 radical (unpaired) electrons. The first-order valence-corrected chi connectivity index (χ1v) is 8.52. The fourth-order valence-electron chi connectivity index (χ4n) is 3.36. The number of ether oxygens (including phenoxy) is 2. The van der Waals surface area contributed by atoms with Crippen molar-refractivity contribution < 1.29 is 14.3 Å². The number of rotatable bonds is 4. The Labute approximate surface area is 137 Å². The van der Waals surface area contributed by atoms with Gasteiger partial charge < -0.3 is 19.7 Å². The van der Waals surface area contributed by atoms with Crippen LogP contribution in [0.2, 0.25) is 0 Å². The fraction of sp³-hybridized carbons (Fsp3) is 0.611. The summed E-state index contributed by atoms with van der Waals surface area (Å²) in [6.45, 7) is 5.87. The molecule has 126 valence electrons. The van der Waals surface area contributed by atoms with Gasteiger partial charge in [-0.3, -0.25) is 4.79 Å². The highest BCUT2D eigenvalue weighted by atomic mass is 16.5. The van der Waals surface area contributed by atoms with Crippen molar-refractivity contribution in [1.29, 1.82) is 0 Å². The quantitative estimate of drug-likeness (QED) is 0.920. The van der Waals surface area contributed by atoms with Crippen LogP contribution in [-0.2, 0) is 11.2 Å². The molecule has 1 amide bonds. The zero-order valence-corrected chi connectivity index (χ0v) is 14.0. The first-order chi connectivity index (χ1) is 11.2. The molecule has 0 saturated carbocycles. The lowest BCUT2D eigenvalue weighted by molar-refractivity contribution is -0.127. The molecule has 0 aliphatic carbocycles. The predicted molar refractivity (Wildman–Crippen MR) is 89.0 cm³/mol. The standard InChI is InChI=1S/C18H26N2O3/c1-3-20-8-6-15(7-9-20)19-18(21)14-10-13-4-5-16(22-2)11-17(13)23-12-14/h4-5,11,14-15H,3,6-10,12H2,1-2H3,(H,19,21). The Balaban J connectivity index is 1.55. The number of amides is 1. The second-order valence-corrected chi connectivity index (χ2v) is 6.40. The highest BCUT2D eigenvalue weighted by molar-refractivity contribution is 5.80. The van der Waals surface area contributed by atoms with Crippen LogP contribution in [0.3, 0.4) is 0 Å². The Kier molecular flexibility index (Phi) is 5.06. The van der Waals surface area contributed by atoms with Gasteiger partial charge in [0, 0.05) is 25.2 Å². The third kappa shape index (κ3) is 3.78. The van der Waals surface area contributed by atoms with Crippen LogP contribution >= 0.6 is 0 Å². The van der Waals surface area contributed by atoms with Crippen LogP contribution < -0.4 is 14.8 Å². The monoisotopic (exact) mass is 318 g/mol. The number of nitrogens with one attached hydrogen (secondary N) is 1. The third-order valence-corrected chi connectivity index (χ3v) is 4.93. The van der Waals surface area contributed by atoms with Gasteiger partial charge in [0.15, 0.2) is 0 Å². The second kappa shape index (κ2) is 7.21. The number of fused-ring (bicyclic) bond motifs is 1. The number of methoxy groups -OCH3 is 1. The van der Waals surface area contributed by atoms with Gasteiger partial charge in [-0.05, 0) is 37.4 Å². The zero-order valence-electron chi connectivity index (χ0n) is 14.0. The molecule has 2 aliphatic heterocycles.